The number of ether oxygens (including phenoxy) is 1. The summed E-state index contributed by atoms with van der Waals surface area (Å²) in [6.07, 6.45) is 4.31. The smallest absolute Gasteiger partial charge is 0.191 e. The first kappa shape index (κ1) is 19.3. The predicted octanol–water partition coefficient (Wildman–Crippen LogP) is 2.79. The highest BCUT2D eigenvalue weighted by Gasteiger charge is 2.22. The predicted molar refractivity (Wildman–Crippen MR) is 105 cm³/mol. The van der Waals surface area contributed by atoms with E-state index in [-0.39, 0.29) is 0 Å². The van der Waals surface area contributed by atoms with Crippen molar-refractivity contribution >= 4 is 5.96 Å². The zero-order valence-electron chi connectivity index (χ0n) is 15.6. The average molecular weight is 345 g/mol. The third kappa shape index (κ3) is 6.09. The highest BCUT2D eigenvalue weighted by atomic mass is 16.5. The molecule has 1 saturated heterocycles. The summed E-state index contributed by atoms with van der Waals surface area (Å²) in [6, 6.07) is 8.64. The van der Waals surface area contributed by atoms with E-state index >= 15 is 0 Å². The van der Waals surface area contributed by atoms with Gasteiger partial charge >= 0.3 is 0 Å². The quantitative estimate of drug-likeness (QED) is 0.411. The van der Waals surface area contributed by atoms with Crippen LogP contribution in [-0.2, 0) is 6.54 Å². The van der Waals surface area contributed by atoms with Gasteiger partial charge in [0.25, 0.3) is 0 Å². The molecule has 1 aromatic carbocycles. The van der Waals surface area contributed by atoms with Gasteiger partial charge in [0.2, 0.25) is 0 Å². The first-order chi connectivity index (χ1) is 12.3. The maximum Gasteiger partial charge on any atom is 0.191 e. The lowest BCUT2D eigenvalue weighted by atomic mass is 10.2. The fourth-order valence-corrected chi connectivity index (χ4v) is 3.19. The normalized spacial score (nSPS) is 18.2. The zero-order valence-corrected chi connectivity index (χ0v) is 15.6. The van der Waals surface area contributed by atoms with Crippen LogP contribution in [0.3, 0.4) is 0 Å². The number of hydrogen-bond donors (Lipinski definition) is 2. The zero-order chi connectivity index (χ0) is 17.9. The maximum absolute atomic E-state index is 5.71. The summed E-state index contributed by atoms with van der Waals surface area (Å²) in [5.41, 5.74) is 1.08. The minimum atomic E-state index is 0.508. The summed E-state index contributed by atoms with van der Waals surface area (Å²) in [5.74, 6) is 1.74. The van der Waals surface area contributed by atoms with Crippen molar-refractivity contribution < 1.29 is 4.74 Å². The molecule has 0 aromatic heterocycles. The second-order valence-electron chi connectivity index (χ2n) is 6.21. The Morgan fingerprint density at radius 2 is 2.20 bits per heavy atom. The summed E-state index contributed by atoms with van der Waals surface area (Å²) < 4.78 is 5.71. The Hall–Kier alpha value is -2.01. The van der Waals surface area contributed by atoms with E-state index in [0.29, 0.717) is 19.2 Å². The molecule has 0 bridgehead atoms. The topological polar surface area (TPSA) is 48.9 Å². The number of nitrogens with one attached hydrogen (secondary N) is 2. The lowest BCUT2D eigenvalue weighted by Gasteiger charge is -2.24. The van der Waals surface area contributed by atoms with Crippen LogP contribution in [0.2, 0.25) is 0 Å². The van der Waals surface area contributed by atoms with Crippen LogP contribution in [0.25, 0.3) is 0 Å². The number of rotatable bonds is 9. The van der Waals surface area contributed by atoms with Gasteiger partial charge in [-0.25, -0.2) is 4.99 Å². The summed E-state index contributed by atoms with van der Waals surface area (Å²) in [5, 5.41) is 6.84. The van der Waals surface area contributed by atoms with Crippen LogP contribution >= 0.6 is 0 Å². The number of likely N-dealkylation sites (N-methyl/N-ethyl adjacent to an activating group) is 1. The highest BCUT2D eigenvalue weighted by Crippen LogP contribution is 2.19. The average Bonchev–Trinajstić information content (AvgIpc) is 3.10. The summed E-state index contributed by atoms with van der Waals surface area (Å²) in [4.78, 5) is 7.27. The van der Waals surface area contributed by atoms with Gasteiger partial charge < -0.3 is 15.4 Å². The van der Waals surface area contributed by atoms with Crippen molar-refractivity contribution in [1.82, 2.24) is 15.5 Å². The first-order valence-electron chi connectivity index (χ1n) is 9.36. The SMILES string of the molecule is C=CCOc1ccccc1CN=C(NCC)NCC1CCCN1CC. The molecule has 2 N–H and O–H groups in total. The molecule has 2 rings (SSSR count). The van der Waals surface area contributed by atoms with E-state index in [1.807, 2.05) is 18.2 Å². The van der Waals surface area contributed by atoms with Crippen LogP contribution in [0.15, 0.2) is 41.9 Å². The van der Waals surface area contributed by atoms with Gasteiger partial charge in [-0.1, -0.05) is 37.8 Å². The second kappa shape index (κ2) is 10.8. The monoisotopic (exact) mass is 344 g/mol. The third-order valence-electron chi connectivity index (χ3n) is 4.49. The van der Waals surface area contributed by atoms with Crippen molar-refractivity contribution in [3.63, 3.8) is 0 Å². The molecule has 5 heteroatoms. The van der Waals surface area contributed by atoms with Crippen LogP contribution in [0.5, 0.6) is 5.75 Å². The number of benzene rings is 1. The molecule has 0 radical (unpaired) electrons. The molecular weight excluding hydrogens is 312 g/mol. The molecule has 1 fully saturated rings. The van der Waals surface area contributed by atoms with Gasteiger partial charge in [-0.15, -0.1) is 0 Å². The fraction of sp³-hybridized carbons (Fsp3) is 0.550. The van der Waals surface area contributed by atoms with Crippen molar-refractivity contribution in [1.29, 1.82) is 0 Å². The van der Waals surface area contributed by atoms with E-state index in [0.717, 1.165) is 36.9 Å². The third-order valence-corrected chi connectivity index (χ3v) is 4.49. The van der Waals surface area contributed by atoms with Crippen LogP contribution in [0.1, 0.15) is 32.3 Å². The van der Waals surface area contributed by atoms with Gasteiger partial charge in [0.05, 0.1) is 6.54 Å². The summed E-state index contributed by atoms with van der Waals surface area (Å²) >= 11 is 0. The standard InChI is InChI=1S/C20H32N4O/c1-4-14-25-19-12-8-7-10-17(19)15-22-20(21-5-2)23-16-18-11-9-13-24(18)6-3/h4,7-8,10,12,18H,1,5-6,9,11,13-16H2,2-3H3,(H2,21,22,23). The van der Waals surface area contributed by atoms with Crippen LogP contribution in [0, 0.1) is 0 Å². The summed E-state index contributed by atoms with van der Waals surface area (Å²) in [6.45, 7) is 13.2. The fourth-order valence-electron chi connectivity index (χ4n) is 3.19. The molecule has 1 atom stereocenters. The van der Waals surface area contributed by atoms with Crippen molar-refractivity contribution in [2.45, 2.75) is 39.3 Å². The number of hydrogen-bond acceptors (Lipinski definition) is 3. The molecule has 0 spiro atoms. The Morgan fingerprint density at radius 1 is 1.36 bits per heavy atom. The summed E-state index contributed by atoms with van der Waals surface area (Å²) in [7, 11) is 0. The molecule has 0 aliphatic carbocycles. The van der Waals surface area contributed by atoms with Crippen molar-refractivity contribution in [2.75, 3.05) is 32.8 Å². The number of nitrogens with zero attached hydrogens (tertiary/aromatic N) is 2. The van der Waals surface area contributed by atoms with Crippen LogP contribution in [0.4, 0.5) is 0 Å². The molecule has 1 aliphatic rings. The first-order valence-corrected chi connectivity index (χ1v) is 9.36. The molecule has 138 valence electrons. The lowest BCUT2D eigenvalue weighted by molar-refractivity contribution is 0.267. The maximum atomic E-state index is 5.71. The number of likely N-dealkylation sites (tertiary alicyclic amines) is 1. The van der Waals surface area contributed by atoms with Gasteiger partial charge in [-0.3, -0.25) is 4.90 Å². The molecule has 1 aromatic rings. The molecule has 5 nitrogen and oxygen atoms in total. The van der Waals surface area contributed by atoms with Gasteiger partial charge in [0.15, 0.2) is 5.96 Å². The van der Waals surface area contributed by atoms with Gasteiger partial charge in [0.1, 0.15) is 12.4 Å². The van der Waals surface area contributed by atoms with Crippen molar-refractivity contribution in [3.05, 3.63) is 42.5 Å². The minimum absolute atomic E-state index is 0.508. The molecule has 25 heavy (non-hydrogen) atoms. The number of guanidine groups is 1. The van der Waals surface area contributed by atoms with Crippen LogP contribution in [-0.4, -0.2) is 49.7 Å². The number of para-hydroxylation sites is 1. The minimum Gasteiger partial charge on any atom is -0.489 e. The highest BCUT2D eigenvalue weighted by molar-refractivity contribution is 5.79. The molecule has 1 heterocycles. The Bertz CT molecular complexity index is 558. The Kier molecular flexibility index (Phi) is 8.32. The van der Waals surface area contributed by atoms with Gasteiger partial charge in [0, 0.05) is 24.7 Å². The van der Waals surface area contributed by atoms with E-state index in [9.17, 15) is 0 Å². The van der Waals surface area contributed by atoms with E-state index < -0.39 is 0 Å². The van der Waals surface area contributed by atoms with Gasteiger partial charge in [-0.2, -0.15) is 0 Å². The second-order valence-corrected chi connectivity index (χ2v) is 6.21. The molecule has 0 amide bonds. The van der Waals surface area contributed by atoms with E-state index in [4.69, 9.17) is 9.73 Å². The van der Waals surface area contributed by atoms with E-state index in [1.165, 1.54) is 19.4 Å². The molecule has 0 saturated carbocycles. The molecule has 1 unspecified atom stereocenters. The number of aliphatic imine (C=N–C) groups is 1. The van der Waals surface area contributed by atoms with Gasteiger partial charge in [-0.05, 0) is 38.9 Å². The van der Waals surface area contributed by atoms with Crippen molar-refractivity contribution in [3.8, 4) is 5.75 Å². The molecule has 1 aliphatic heterocycles. The largest absolute Gasteiger partial charge is 0.489 e. The Labute approximate surface area is 152 Å². The Balaban J connectivity index is 1.96. The Morgan fingerprint density at radius 3 is 2.96 bits per heavy atom. The molecular formula is C20H32N4O. The van der Waals surface area contributed by atoms with Crippen molar-refractivity contribution in [2.24, 2.45) is 4.99 Å². The van der Waals surface area contributed by atoms with E-state index in [1.54, 1.807) is 6.08 Å². The van der Waals surface area contributed by atoms with E-state index in [2.05, 4.69) is 42.0 Å². The van der Waals surface area contributed by atoms with Crippen LogP contribution < -0.4 is 15.4 Å². The lowest BCUT2D eigenvalue weighted by Crippen LogP contribution is -2.44.